The van der Waals surface area contributed by atoms with E-state index in [2.05, 4.69) is 4.98 Å². The molecule has 2 heterocycles. The van der Waals surface area contributed by atoms with Crippen LogP contribution in [0.3, 0.4) is 0 Å². The van der Waals surface area contributed by atoms with E-state index in [1.807, 2.05) is 71.6 Å². The number of nitro groups is 1. The van der Waals surface area contributed by atoms with Crippen molar-refractivity contribution >= 4 is 40.0 Å². The van der Waals surface area contributed by atoms with Gasteiger partial charge in [-0.05, 0) is 30.2 Å². The SMILES string of the molecule is O=C1CCCN1C/C=C\c1ccc(N=C(c2ccccc2)c2c(O)[nH]c3ccc([N+](=O)[O-])cc23)cc1. The first kappa shape index (κ1) is 23.0. The normalized spacial score (nSPS) is 14.3. The second-order valence-corrected chi connectivity index (χ2v) is 8.60. The number of aliphatic imine (C=N–C) groups is 1. The predicted molar refractivity (Wildman–Crippen MR) is 140 cm³/mol. The molecule has 1 aliphatic heterocycles. The monoisotopic (exact) mass is 480 g/mol. The standard InChI is InChI=1S/C28H24N4O4/c33-25-9-5-17-31(25)16-4-6-19-10-12-21(13-11-19)29-27(20-7-2-1-3-8-20)26-23-18-22(32(35)36)14-15-24(23)30-28(26)34/h1-4,6-8,10-15,18,30,34H,5,9,16-17H2/b6-4-,29-27?. The summed E-state index contributed by atoms with van der Waals surface area (Å²) in [5.41, 5.74) is 3.82. The van der Waals surface area contributed by atoms with Crippen molar-refractivity contribution in [3.8, 4) is 5.88 Å². The summed E-state index contributed by atoms with van der Waals surface area (Å²) in [6.07, 6.45) is 5.50. The summed E-state index contributed by atoms with van der Waals surface area (Å²) >= 11 is 0. The smallest absolute Gasteiger partial charge is 0.270 e. The van der Waals surface area contributed by atoms with Gasteiger partial charge < -0.3 is 15.0 Å². The number of aromatic amines is 1. The van der Waals surface area contributed by atoms with Crippen LogP contribution in [0.5, 0.6) is 5.88 Å². The molecule has 8 heteroatoms. The van der Waals surface area contributed by atoms with Crippen molar-refractivity contribution in [2.45, 2.75) is 12.8 Å². The summed E-state index contributed by atoms with van der Waals surface area (Å²) in [6.45, 7) is 1.41. The molecule has 1 fully saturated rings. The zero-order valence-corrected chi connectivity index (χ0v) is 19.4. The fraction of sp³-hybridized carbons (Fsp3) is 0.143. The van der Waals surface area contributed by atoms with Crippen LogP contribution in [0.2, 0.25) is 0 Å². The van der Waals surface area contributed by atoms with Crippen LogP contribution >= 0.6 is 0 Å². The Hall–Kier alpha value is -4.72. The van der Waals surface area contributed by atoms with Crippen LogP contribution in [0.25, 0.3) is 17.0 Å². The molecule has 0 saturated carbocycles. The third kappa shape index (κ3) is 4.74. The van der Waals surface area contributed by atoms with Crippen molar-refractivity contribution in [3.05, 3.63) is 106 Å². The van der Waals surface area contributed by atoms with E-state index in [0.29, 0.717) is 40.8 Å². The number of benzene rings is 3. The molecule has 180 valence electrons. The minimum absolute atomic E-state index is 0.0677. The van der Waals surface area contributed by atoms with Gasteiger partial charge in [-0.1, -0.05) is 54.6 Å². The molecule has 0 aliphatic carbocycles. The van der Waals surface area contributed by atoms with E-state index in [9.17, 15) is 20.0 Å². The topological polar surface area (TPSA) is 112 Å². The summed E-state index contributed by atoms with van der Waals surface area (Å²) in [7, 11) is 0. The van der Waals surface area contributed by atoms with Crippen molar-refractivity contribution < 1.29 is 14.8 Å². The summed E-state index contributed by atoms with van der Waals surface area (Å²) in [6, 6.07) is 21.4. The molecule has 1 saturated heterocycles. The first-order chi connectivity index (χ1) is 17.5. The Morgan fingerprint density at radius 2 is 1.89 bits per heavy atom. The van der Waals surface area contributed by atoms with Gasteiger partial charge in [0.05, 0.1) is 21.9 Å². The molecule has 1 amide bonds. The lowest BCUT2D eigenvalue weighted by molar-refractivity contribution is -0.384. The highest BCUT2D eigenvalue weighted by molar-refractivity contribution is 6.22. The maximum absolute atomic E-state index is 11.8. The molecule has 0 bridgehead atoms. The van der Waals surface area contributed by atoms with Crippen molar-refractivity contribution in [2.75, 3.05) is 13.1 Å². The number of nitrogens with zero attached hydrogens (tertiary/aromatic N) is 3. The highest BCUT2D eigenvalue weighted by atomic mass is 16.6. The molecule has 0 radical (unpaired) electrons. The van der Waals surface area contributed by atoms with E-state index < -0.39 is 4.92 Å². The minimum atomic E-state index is -0.460. The van der Waals surface area contributed by atoms with E-state index >= 15 is 0 Å². The zero-order chi connectivity index (χ0) is 25.1. The average molecular weight is 481 g/mol. The first-order valence-corrected chi connectivity index (χ1v) is 11.7. The lowest BCUT2D eigenvalue weighted by Crippen LogP contribution is -2.24. The Morgan fingerprint density at radius 3 is 2.58 bits per heavy atom. The van der Waals surface area contributed by atoms with Crippen molar-refractivity contribution in [2.24, 2.45) is 4.99 Å². The van der Waals surface area contributed by atoms with E-state index in [0.717, 1.165) is 24.1 Å². The van der Waals surface area contributed by atoms with E-state index in [-0.39, 0.29) is 17.5 Å². The fourth-order valence-corrected chi connectivity index (χ4v) is 4.38. The molecular weight excluding hydrogens is 456 g/mol. The largest absolute Gasteiger partial charge is 0.494 e. The first-order valence-electron chi connectivity index (χ1n) is 11.7. The van der Waals surface area contributed by atoms with Crippen molar-refractivity contribution in [1.29, 1.82) is 0 Å². The molecule has 5 rings (SSSR count). The van der Waals surface area contributed by atoms with Crippen LogP contribution in [0.1, 0.15) is 29.5 Å². The summed E-state index contributed by atoms with van der Waals surface area (Å²) < 4.78 is 0. The molecule has 0 spiro atoms. The van der Waals surface area contributed by atoms with Gasteiger partial charge in [0, 0.05) is 48.1 Å². The van der Waals surface area contributed by atoms with Crippen LogP contribution in [-0.2, 0) is 4.79 Å². The van der Waals surface area contributed by atoms with E-state index in [1.54, 1.807) is 6.07 Å². The van der Waals surface area contributed by atoms with Gasteiger partial charge in [0.25, 0.3) is 5.69 Å². The Balaban J connectivity index is 1.50. The third-order valence-electron chi connectivity index (χ3n) is 6.20. The second kappa shape index (κ2) is 9.87. The van der Waals surface area contributed by atoms with Gasteiger partial charge >= 0.3 is 0 Å². The van der Waals surface area contributed by atoms with Crippen LogP contribution in [0.15, 0.2) is 83.9 Å². The van der Waals surface area contributed by atoms with Gasteiger partial charge in [-0.15, -0.1) is 0 Å². The quantitative estimate of drug-likeness (QED) is 0.204. The predicted octanol–water partition coefficient (Wildman–Crippen LogP) is 5.59. The van der Waals surface area contributed by atoms with Crippen LogP contribution in [0, 0.1) is 10.1 Å². The number of hydrogen-bond acceptors (Lipinski definition) is 5. The number of likely N-dealkylation sites (tertiary alicyclic amines) is 1. The van der Waals surface area contributed by atoms with Crippen LogP contribution < -0.4 is 0 Å². The Kier molecular flexibility index (Phi) is 6.32. The lowest BCUT2D eigenvalue weighted by Gasteiger charge is -2.11. The number of rotatable bonds is 7. The maximum Gasteiger partial charge on any atom is 0.270 e. The fourth-order valence-electron chi connectivity index (χ4n) is 4.38. The van der Waals surface area contributed by atoms with Gasteiger partial charge in [0.15, 0.2) is 5.88 Å². The van der Waals surface area contributed by atoms with Crippen LogP contribution in [0.4, 0.5) is 11.4 Å². The Morgan fingerprint density at radius 1 is 1.11 bits per heavy atom. The molecule has 1 aliphatic rings. The maximum atomic E-state index is 11.8. The lowest BCUT2D eigenvalue weighted by atomic mass is 10.0. The summed E-state index contributed by atoms with van der Waals surface area (Å²) in [5, 5.41) is 22.7. The number of nitrogens with one attached hydrogen (secondary N) is 1. The molecule has 8 nitrogen and oxygen atoms in total. The Bertz CT molecular complexity index is 1490. The molecule has 3 aromatic carbocycles. The number of non-ortho nitro benzene ring substituents is 1. The van der Waals surface area contributed by atoms with Gasteiger partial charge in [0.1, 0.15) is 0 Å². The van der Waals surface area contributed by atoms with E-state index in [4.69, 9.17) is 4.99 Å². The average Bonchev–Trinajstić information content (AvgIpc) is 3.45. The van der Waals surface area contributed by atoms with Gasteiger partial charge in [-0.3, -0.25) is 14.9 Å². The zero-order valence-electron chi connectivity index (χ0n) is 19.4. The number of amides is 1. The number of nitro benzene ring substituents is 1. The highest BCUT2D eigenvalue weighted by Gasteiger charge is 2.21. The van der Waals surface area contributed by atoms with Gasteiger partial charge in [-0.2, -0.15) is 0 Å². The molecular formula is C28H24N4O4. The number of hydrogen-bond donors (Lipinski definition) is 2. The second-order valence-electron chi connectivity index (χ2n) is 8.60. The number of carbonyl (C=O) groups is 1. The Labute approximate surface area is 207 Å². The van der Waals surface area contributed by atoms with Gasteiger partial charge in [-0.25, -0.2) is 4.99 Å². The third-order valence-corrected chi connectivity index (χ3v) is 6.20. The summed E-state index contributed by atoms with van der Waals surface area (Å²) in [5.74, 6) is 0.0905. The molecule has 36 heavy (non-hydrogen) atoms. The number of H-pyrrole nitrogens is 1. The van der Waals surface area contributed by atoms with Crippen molar-refractivity contribution in [1.82, 2.24) is 9.88 Å². The number of aromatic nitrogens is 1. The molecule has 0 unspecified atom stereocenters. The number of aromatic hydroxyl groups is 1. The van der Waals surface area contributed by atoms with Gasteiger partial charge in [0.2, 0.25) is 5.91 Å². The number of fused-ring (bicyclic) bond motifs is 1. The molecule has 4 aromatic rings. The van der Waals surface area contributed by atoms with Crippen molar-refractivity contribution in [3.63, 3.8) is 0 Å². The summed E-state index contributed by atoms with van der Waals surface area (Å²) in [4.78, 5) is 32.3. The molecule has 2 N–H and O–H groups in total. The highest BCUT2D eigenvalue weighted by Crippen LogP contribution is 2.33. The number of carbonyl (C=O) groups excluding carboxylic acids is 1. The molecule has 0 atom stereocenters. The van der Waals surface area contributed by atoms with Crippen LogP contribution in [-0.4, -0.2) is 44.6 Å². The van der Waals surface area contributed by atoms with E-state index in [1.165, 1.54) is 12.1 Å². The molecule has 1 aromatic heterocycles. The minimum Gasteiger partial charge on any atom is -0.494 e.